The molecular formula is C11H9ClF2N2O. The summed E-state index contributed by atoms with van der Waals surface area (Å²) in [6, 6.07) is 3.25. The minimum atomic E-state index is -1.28. The predicted molar refractivity (Wildman–Crippen MR) is 58.6 cm³/mol. The molecule has 0 radical (unpaired) electrons. The molecule has 17 heavy (non-hydrogen) atoms. The fraction of sp³-hybridized carbons (Fsp3) is 0.182. The number of benzene rings is 1. The molecule has 1 atom stereocenters. The number of aromatic nitrogens is 2. The predicted octanol–water partition coefficient (Wildman–Crippen LogP) is 2.43. The fourth-order valence-corrected chi connectivity index (χ4v) is 1.71. The van der Waals surface area contributed by atoms with Crippen LogP contribution in [0.1, 0.15) is 17.4 Å². The van der Waals surface area contributed by atoms with Crippen molar-refractivity contribution in [3.8, 4) is 0 Å². The number of nitrogens with zero attached hydrogens (tertiary/aromatic N) is 2. The van der Waals surface area contributed by atoms with Gasteiger partial charge >= 0.3 is 0 Å². The monoisotopic (exact) mass is 258 g/mol. The lowest BCUT2D eigenvalue weighted by Crippen LogP contribution is -2.09. The maximum atomic E-state index is 13.6. The second-order valence-corrected chi connectivity index (χ2v) is 3.98. The Balaban J connectivity index is 2.48. The van der Waals surface area contributed by atoms with Crippen LogP contribution in [0.2, 0.25) is 5.02 Å². The number of aliphatic hydroxyl groups excluding tert-OH is 1. The van der Waals surface area contributed by atoms with Gasteiger partial charge in [-0.3, -0.25) is 4.68 Å². The summed E-state index contributed by atoms with van der Waals surface area (Å²) in [5.74, 6) is -1.53. The highest BCUT2D eigenvalue weighted by Crippen LogP contribution is 2.27. The van der Waals surface area contributed by atoms with E-state index in [0.717, 1.165) is 12.1 Å². The second-order valence-electron chi connectivity index (χ2n) is 3.57. The Labute approximate surface area is 101 Å². The average molecular weight is 259 g/mol. The fourth-order valence-electron chi connectivity index (χ4n) is 1.56. The normalized spacial score (nSPS) is 12.8. The lowest BCUT2D eigenvalue weighted by Gasteiger charge is -2.12. The quantitative estimate of drug-likeness (QED) is 0.840. The Morgan fingerprint density at radius 3 is 2.65 bits per heavy atom. The lowest BCUT2D eigenvalue weighted by atomic mass is 10.1. The van der Waals surface area contributed by atoms with Crippen molar-refractivity contribution < 1.29 is 13.9 Å². The van der Waals surface area contributed by atoms with Gasteiger partial charge in [-0.2, -0.15) is 5.10 Å². The van der Waals surface area contributed by atoms with E-state index in [-0.39, 0.29) is 10.6 Å². The highest BCUT2D eigenvalue weighted by Gasteiger charge is 2.20. The van der Waals surface area contributed by atoms with Crippen molar-refractivity contribution in [1.29, 1.82) is 0 Å². The van der Waals surface area contributed by atoms with E-state index >= 15 is 0 Å². The van der Waals surface area contributed by atoms with Gasteiger partial charge < -0.3 is 5.11 Å². The van der Waals surface area contributed by atoms with E-state index < -0.39 is 17.7 Å². The zero-order valence-corrected chi connectivity index (χ0v) is 9.62. The maximum Gasteiger partial charge on any atom is 0.142 e. The average Bonchev–Trinajstić information content (AvgIpc) is 2.69. The van der Waals surface area contributed by atoms with E-state index in [1.807, 2.05) is 0 Å². The van der Waals surface area contributed by atoms with Gasteiger partial charge in [0.1, 0.15) is 17.7 Å². The highest BCUT2D eigenvalue weighted by molar-refractivity contribution is 6.30. The number of rotatable bonds is 2. The van der Waals surface area contributed by atoms with Crippen molar-refractivity contribution in [3.05, 3.63) is 52.3 Å². The summed E-state index contributed by atoms with van der Waals surface area (Å²) in [6.45, 7) is 0. The molecule has 1 aromatic heterocycles. The Kier molecular flexibility index (Phi) is 3.13. The van der Waals surface area contributed by atoms with E-state index in [9.17, 15) is 13.9 Å². The molecule has 1 N–H and O–H groups in total. The first-order valence-electron chi connectivity index (χ1n) is 4.81. The minimum absolute atomic E-state index is 0.171. The standard InChI is InChI=1S/C11H9ClF2N2O/c1-16-10(2-3-15-16)11(17)6-4-9(14)7(12)5-8(6)13/h2-5,11,17H,1H3. The van der Waals surface area contributed by atoms with E-state index in [2.05, 4.69) is 5.10 Å². The number of halogens is 3. The van der Waals surface area contributed by atoms with Gasteiger partial charge in [-0.1, -0.05) is 11.6 Å². The first-order chi connectivity index (χ1) is 8.00. The van der Waals surface area contributed by atoms with Gasteiger partial charge in [-0.15, -0.1) is 0 Å². The third-order valence-corrected chi connectivity index (χ3v) is 2.76. The van der Waals surface area contributed by atoms with Gasteiger partial charge in [0.15, 0.2) is 0 Å². The van der Waals surface area contributed by atoms with Crippen molar-refractivity contribution in [3.63, 3.8) is 0 Å². The first-order valence-corrected chi connectivity index (χ1v) is 5.19. The van der Waals surface area contributed by atoms with Crippen LogP contribution < -0.4 is 0 Å². The number of aryl methyl sites for hydroxylation is 1. The molecule has 1 aromatic carbocycles. The zero-order valence-electron chi connectivity index (χ0n) is 8.86. The van der Waals surface area contributed by atoms with Crippen LogP contribution in [0.25, 0.3) is 0 Å². The summed E-state index contributed by atoms with van der Waals surface area (Å²) in [6.07, 6.45) is 0.178. The van der Waals surface area contributed by atoms with Crippen LogP contribution in [0.15, 0.2) is 24.4 Å². The molecule has 1 unspecified atom stereocenters. The molecule has 0 saturated heterocycles. The molecule has 1 heterocycles. The Hall–Kier alpha value is -1.46. The molecule has 0 bridgehead atoms. The summed E-state index contributed by atoms with van der Waals surface area (Å²) in [5.41, 5.74) is 0.195. The summed E-state index contributed by atoms with van der Waals surface area (Å²) >= 11 is 5.43. The van der Waals surface area contributed by atoms with Crippen molar-refractivity contribution >= 4 is 11.6 Å². The van der Waals surface area contributed by atoms with Crippen LogP contribution in [-0.4, -0.2) is 14.9 Å². The van der Waals surface area contributed by atoms with Crippen LogP contribution in [0, 0.1) is 11.6 Å². The summed E-state index contributed by atoms with van der Waals surface area (Å²) in [5, 5.41) is 13.5. The van der Waals surface area contributed by atoms with Crippen molar-refractivity contribution in [2.75, 3.05) is 0 Å². The second kappa shape index (κ2) is 4.43. The largest absolute Gasteiger partial charge is 0.382 e. The zero-order chi connectivity index (χ0) is 12.6. The van der Waals surface area contributed by atoms with Crippen LogP contribution >= 0.6 is 11.6 Å². The molecule has 6 heteroatoms. The molecule has 0 aliphatic carbocycles. The van der Waals surface area contributed by atoms with Crippen molar-refractivity contribution in [2.45, 2.75) is 6.10 Å². The third-order valence-electron chi connectivity index (χ3n) is 2.47. The Morgan fingerprint density at radius 2 is 2.06 bits per heavy atom. The first kappa shape index (κ1) is 12.0. The SMILES string of the molecule is Cn1nccc1C(O)c1cc(F)c(Cl)cc1F. The highest BCUT2D eigenvalue weighted by atomic mass is 35.5. The van der Waals surface area contributed by atoms with E-state index in [0.29, 0.717) is 5.69 Å². The molecular weight excluding hydrogens is 250 g/mol. The smallest absolute Gasteiger partial charge is 0.142 e. The van der Waals surface area contributed by atoms with Crippen molar-refractivity contribution in [2.24, 2.45) is 7.05 Å². The summed E-state index contributed by atoms with van der Waals surface area (Å²) in [7, 11) is 1.60. The molecule has 3 nitrogen and oxygen atoms in total. The molecule has 2 aromatic rings. The molecule has 0 aliphatic heterocycles. The molecule has 0 saturated carbocycles. The number of hydrogen-bond donors (Lipinski definition) is 1. The van der Waals surface area contributed by atoms with Crippen LogP contribution in [0.3, 0.4) is 0 Å². The molecule has 90 valence electrons. The van der Waals surface area contributed by atoms with E-state index in [1.165, 1.54) is 16.9 Å². The van der Waals surface area contributed by atoms with Gasteiger partial charge in [0.05, 0.1) is 10.7 Å². The molecule has 2 rings (SSSR count). The van der Waals surface area contributed by atoms with Gasteiger partial charge in [0, 0.05) is 18.8 Å². The Bertz CT molecular complexity index is 556. The molecule has 0 aliphatic rings. The van der Waals surface area contributed by atoms with Gasteiger partial charge in [-0.25, -0.2) is 8.78 Å². The van der Waals surface area contributed by atoms with Crippen LogP contribution in [-0.2, 0) is 7.05 Å². The lowest BCUT2D eigenvalue weighted by molar-refractivity contribution is 0.204. The van der Waals surface area contributed by atoms with E-state index in [4.69, 9.17) is 11.6 Å². The third kappa shape index (κ3) is 2.16. The Morgan fingerprint density at radius 1 is 1.35 bits per heavy atom. The topological polar surface area (TPSA) is 38.0 Å². The van der Waals surface area contributed by atoms with Gasteiger partial charge in [0.2, 0.25) is 0 Å². The molecule has 0 amide bonds. The van der Waals surface area contributed by atoms with Gasteiger partial charge in [-0.05, 0) is 18.2 Å². The summed E-state index contributed by atoms with van der Waals surface area (Å²) in [4.78, 5) is 0. The molecule has 0 fully saturated rings. The van der Waals surface area contributed by atoms with Gasteiger partial charge in [0.25, 0.3) is 0 Å². The maximum absolute atomic E-state index is 13.6. The van der Waals surface area contributed by atoms with Crippen LogP contribution in [0.5, 0.6) is 0 Å². The van der Waals surface area contributed by atoms with E-state index in [1.54, 1.807) is 7.05 Å². The summed E-state index contributed by atoms with van der Waals surface area (Å²) < 4.78 is 28.2. The van der Waals surface area contributed by atoms with Crippen LogP contribution in [0.4, 0.5) is 8.78 Å². The number of hydrogen-bond acceptors (Lipinski definition) is 2. The minimum Gasteiger partial charge on any atom is -0.382 e. The van der Waals surface area contributed by atoms with Crippen molar-refractivity contribution in [1.82, 2.24) is 9.78 Å². The number of aliphatic hydroxyl groups is 1. The molecule has 0 spiro atoms.